The number of amides is 1. The molecule has 1 unspecified atom stereocenters. The Labute approximate surface area is 101 Å². The molecular weight excluding hydrogens is 216 g/mol. The summed E-state index contributed by atoms with van der Waals surface area (Å²) >= 11 is 0. The van der Waals surface area contributed by atoms with Gasteiger partial charge >= 0.3 is 0 Å². The molecular formula is C13H18N2O2. The molecule has 2 rings (SSSR count). The maximum atomic E-state index is 12.0. The number of benzene rings is 1. The van der Waals surface area contributed by atoms with Gasteiger partial charge in [0.2, 0.25) is 0 Å². The maximum Gasteiger partial charge on any atom is 0.256 e. The number of hydrogen-bond donors (Lipinski definition) is 2. The molecule has 1 saturated heterocycles. The first-order valence-electron chi connectivity index (χ1n) is 5.88. The molecule has 1 aliphatic heterocycles. The number of hydrogen-bond acceptors (Lipinski definition) is 3. The summed E-state index contributed by atoms with van der Waals surface area (Å²) in [4.78, 5) is 12.0. The van der Waals surface area contributed by atoms with Crippen LogP contribution < -0.4 is 11.1 Å². The minimum absolute atomic E-state index is 0.0736. The molecule has 92 valence electrons. The van der Waals surface area contributed by atoms with Crippen LogP contribution in [0.3, 0.4) is 0 Å². The van der Waals surface area contributed by atoms with E-state index in [0.29, 0.717) is 13.2 Å². The van der Waals surface area contributed by atoms with Crippen molar-refractivity contribution >= 4 is 11.6 Å². The van der Waals surface area contributed by atoms with Crippen molar-refractivity contribution in [2.45, 2.75) is 31.9 Å². The van der Waals surface area contributed by atoms with Gasteiger partial charge < -0.3 is 15.8 Å². The number of rotatable bonds is 3. The zero-order valence-corrected chi connectivity index (χ0v) is 10.0. The Balaban J connectivity index is 2.02. The van der Waals surface area contributed by atoms with Gasteiger partial charge in [0.15, 0.2) is 0 Å². The highest BCUT2D eigenvalue weighted by Crippen LogP contribution is 2.26. The highest BCUT2D eigenvalue weighted by Gasteiger charge is 2.37. The molecule has 1 heterocycles. The first-order valence-corrected chi connectivity index (χ1v) is 5.88. The maximum absolute atomic E-state index is 12.0. The molecule has 17 heavy (non-hydrogen) atoms. The molecule has 4 heteroatoms. The largest absolute Gasteiger partial charge is 0.365 e. The average molecular weight is 234 g/mol. The number of anilines is 1. The molecule has 1 atom stereocenters. The summed E-state index contributed by atoms with van der Waals surface area (Å²) in [6.45, 7) is 3.01. The van der Waals surface area contributed by atoms with E-state index in [1.807, 2.05) is 31.2 Å². The molecule has 1 aliphatic rings. The van der Waals surface area contributed by atoms with Crippen molar-refractivity contribution in [3.63, 3.8) is 0 Å². The van der Waals surface area contributed by atoms with Crippen LogP contribution in [-0.2, 0) is 16.1 Å². The molecule has 0 aromatic heterocycles. The lowest BCUT2D eigenvalue weighted by Crippen LogP contribution is -2.39. The standard InChI is InChI=1S/C13H18N2O2/c1-13(7-2-8-17-13)12(16)15-11-5-3-10(9-14)4-6-11/h3-6H,2,7-9,14H2,1H3,(H,15,16). The summed E-state index contributed by atoms with van der Waals surface area (Å²) in [5, 5.41) is 2.87. The number of carbonyl (C=O) groups excluding carboxylic acids is 1. The first kappa shape index (κ1) is 12.1. The summed E-state index contributed by atoms with van der Waals surface area (Å²) in [6.07, 6.45) is 1.72. The number of nitrogens with one attached hydrogen (secondary N) is 1. The van der Waals surface area contributed by atoms with Crippen LogP contribution in [0.25, 0.3) is 0 Å². The van der Waals surface area contributed by atoms with E-state index in [4.69, 9.17) is 10.5 Å². The summed E-state index contributed by atoms with van der Waals surface area (Å²) in [5.74, 6) is -0.0736. The Morgan fingerprint density at radius 1 is 1.47 bits per heavy atom. The topological polar surface area (TPSA) is 64.4 Å². The van der Waals surface area contributed by atoms with E-state index in [2.05, 4.69) is 5.32 Å². The van der Waals surface area contributed by atoms with Crippen LogP contribution in [0.5, 0.6) is 0 Å². The van der Waals surface area contributed by atoms with E-state index in [9.17, 15) is 4.79 Å². The van der Waals surface area contributed by atoms with Crippen LogP contribution in [0.1, 0.15) is 25.3 Å². The van der Waals surface area contributed by atoms with Crippen molar-refractivity contribution in [1.82, 2.24) is 0 Å². The monoisotopic (exact) mass is 234 g/mol. The van der Waals surface area contributed by atoms with Gasteiger partial charge in [0.1, 0.15) is 5.60 Å². The van der Waals surface area contributed by atoms with Gasteiger partial charge in [0.25, 0.3) is 5.91 Å². The van der Waals surface area contributed by atoms with Crippen molar-refractivity contribution in [2.24, 2.45) is 5.73 Å². The van der Waals surface area contributed by atoms with Gasteiger partial charge in [-0.1, -0.05) is 12.1 Å². The third-order valence-electron chi connectivity index (χ3n) is 3.15. The number of carbonyl (C=O) groups is 1. The van der Waals surface area contributed by atoms with Crippen molar-refractivity contribution in [3.05, 3.63) is 29.8 Å². The van der Waals surface area contributed by atoms with Crippen LogP contribution in [0.15, 0.2) is 24.3 Å². The van der Waals surface area contributed by atoms with Crippen LogP contribution >= 0.6 is 0 Å². The molecule has 3 N–H and O–H groups in total. The molecule has 0 radical (unpaired) electrons. The molecule has 1 aromatic carbocycles. The predicted octanol–water partition coefficient (Wildman–Crippen LogP) is 1.65. The Morgan fingerprint density at radius 2 is 2.18 bits per heavy atom. The van der Waals surface area contributed by atoms with Crippen molar-refractivity contribution < 1.29 is 9.53 Å². The Morgan fingerprint density at radius 3 is 2.71 bits per heavy atom. The van der Waals surface area contributed by atoms with Gasteiger partial charge in [-0.25, -0.2) is 0 Å². The summed E-state index contributed by atoms with van der Waals surface area (Å²) < 4.78 is 5.49. The van der Waals surface area contributed by atoms with E-state index in [1.165, 1.54) is 0 Å². The lowest BCUT2D eigenvalue weighted by Gasteiger charge is -2.21. The fourth-order valence-electron chi connectivity index (χ4n) is 1.95. The molecule has 4 nitrogen and oxygen atoms in total. The van der Waals surface area contributed by atoms with Gasteiger partial charge in [-0.3, -0.25) is 4.79 Å². The van der Waals surface area contributed by atoms with Gasteiger partial charge in [-0.15, -0.1) is 0 Å². The minimum Gasteiger partial charge on any atom is -0.365 e. The van der Waals surface area contributed by atoms with Crippen LogP contribution in [-0.4, -0.2) is 18.1 Å². The van der Waals surface area contributed by atoms with E-state index in [-0.39, 0.29) is 5.91 Å². The average Bonchev–Trinajstić information content (AvgIpc) is 2.78. The second-order valence-corrected chi connectivity index (χ2v) is 4.54. The molecule has 1 amide bonds. The van der Waals surface area contributed by atoms with Crippen molar-refractivity contribution in [3.8, 4) is 0 Å². The van der Waals surface area contributed by atoms with Crippen LogP contribution in [0, 0.1) is 0 Å². The van der Waals surface area contributed by atoms with E-state index in [1.54, 1.807) is 0 Å². The summed E-state index contributed by atoms with van der Waals surface area (Å²) in [7, 11) is 0. The normalized spacial score (nSPS) is 23.6. The molecule has 0 saturated carbocycles. The summed E-state index contributed by atoms with van der Waals surface area (Å²) in [6, 6.07) is 7.54. The lowest BCUT2D eigenvalue weighted by molar-refractivity contribution is -0.133. The van der Waals surface area contributed by atoms with Crippen LogP contribution in [0.2, 0.25) is 0 Å². The van der Waals surface area contributed by atoms with Gasteiger partial charge in [-0.2, -0.15) is 0 Å². The quantitative estimate of drug-likeness (QED) is 0.835. The SMILES string of the molecule is CC1(C(=O)Nc2ccc(CN)cc2)CCCO1. The van der Waals surface area contributed by atoms with Crippen LogP contribution in [0.4, 0.5) is 5.69 Å². The zero-order chi connectivity index (χ0) is 12.3. The highest BCUT2D eigenvalue weighted by molar-refractivity contribution is 5.97. The number of nitrogens with two attached hydrogens (primary N) is 1. The lowest BCUT2D eigenvalue weighted by atomic mass is 10.0. The second kappa shape index (κ2) is 4.85. The molecule has 1 aromatic rings. The van der Waals surface area contributed by atoms with Crippen molar-refractivity contribution in [1.29, 1.82) is 0 Å². The van der Waals surface area contributed by atoms with E-state index >= 15 is 0 Å². The Hall–Kier alpha value is -1.39. The molecule has 0 spiro atoms. The number of ether oxygens (including phenoxy) is 1. The van der Waals surface area contributed by atoms with Gasteiger partial charge in [-0.05, 0) is 37.5 Å². The Kier molecular flexibility index (Phi) is 3.45. The Bertz CT molecular complexity index is 394. The first-order chi connectivity index (χ1) is 8.14. The fraction of sp³-hybridized carbons (Fsp3) is 0.462. The third kappa shape index (κ3) is 2.65. The van der Waals surface area contributed by atoms with Gasteiger partial charge in [0.05, 0.1) is 0 Å². The minimum atomic E-state index is -0.674. The smallest absolute Gasteiger partial charge is 0.256 e. The fourth-order valence-corrected chi connectivity index (χ4v) is 1.95. The van der Waals surface area contributed by atoms with E-state index in [0.717, 1.165) is 24.1 Å². The summed E-state index contributed by atoms with van der Waals surface area (Å²) in [5.41, 5.74) is 6.67. The highest BCUT2D eigenvalue weighted by atomic mass is 16.5. The van der Waals surface area contributed by atoms with E-state index < -0.39 is 5.60 Å². The molecule has 1 fully saturated rings. The third-order valence-corrected chi connectivity index (χ3v) is 3.15. The molecule has 0 aliphatic carbocycles. The molecule has 0 bridgehead atoms. The predicted molar refractivity (Wildman–Crippen MR) is 66.6 cm³/mol. The second-order valence-electron chi connectivity index (χ2n) is 4.54. The zero-order valence-electron chi connectivity index (χ0n) is 10.0. The van der Waals surface area contributed by atoms with Gasteiger partial charge in [0, 0.05) is 18.8 Å². The van der Waals surface area contributed by atoms with Crippen molar-refractivity contribution in [2.75, 3.05) is 11.9 Å².